The lowest BCUT2D eigenvalue weighted by molar-refractivity contribution is 0.485. The summed E-state index contributed by atoms with van der Waals surface area (Å²) in [4.78, 5) is 0. The lowest BCUT2D eigenvalue weighted by Crippen LogP contribution is -1.79. The molecule has 1 nitrogen and oxygen atoms in total. The Balaban J connectivity index is 0.000000561. The van der Waals surface area contributed by atoms with Crippen molar-refractivity contribution < 1.29 is 4.39 Å². The number of nitriles is 1. The second-order valence-electron chi connectivity index (χ2n) is 1.95. The molecule has 0 heterocycles. The number of alkyl halides is 1. The van der Waals surface area contributed by atoms with Crippen molar-refractivity contribution in [2.24, 2.45) is 0 Å². The van der Waals surface area contributed by atoms with Gasteiger partial charge in [0.15, 0.2) is 0 Å². The molecule has 0 radical (unpaired) electrons. The molecule has 0 aliphatic heterocycles. The van der Waals surface area contributed by atoms with E-state index in [2.05, 4.69) is 0 Å². The Morgan fingerprint density at radius 3 is 2.58 bits per heavy atom. The fourth-order valence-electron chi connectivity index (χ4n) is 0.724. The highest BCUT2D eigenvalue weighted by Gasteiger charge is 1.91. The van der Waals surface area contributed by atoms with E-state index >= 15 is 0 Å². The predicted molar refractivity (Wildman–Crippen MR) is 47.3 cm³/mol. The van der Waals surface area contributed by atoms with Crippen LogP contribution in [0.5, 0.6) is 0 Å². The van der Waals surface area contributed by atoms with E-state index in [1.165, 1.54) is 0 Å². The van der Waals surface area contributed by atoms with E-state index in [-0.39, 0.29) is 0 Å². The summed E-state index contributed by atoms with van der Waals surface area (Å²) in [5.41, 5.74) is 1.06. The molecule has 64 valence electrons. The Hall–Kier alpha value is -1.36. The average molecular weight is 165 g/mol. The van der Waals surface area contributed by atoms with Gasteiger partial charge in [-0.15, -0.1) is 0 Å². The second-order valence-corrected chi connectivity index (χ2v) is 1.95. The Morgan fingerprint density at radius 1 is 1.42 bits per heavy atom. The fourth-order valence-corrected chi connectivity index (χ4v) is 0.724. The fraction of sp³-hybridized carbons (Fsp3) is 0.300. The maximum atomic E-state index is 11.9. The number of benzene rings is 1. The summed E-state index contributed by atoms with van der Waals surface area (Å²) < 4.78 is 11.9. The minimum atomic E-state index is -0.504. The third kappa shape index (κ3) is 3.16. The molecular formula is C10H12FN. The Bertz CT molecular complexity index is 263. The highest BCUT2D eigenvalue weighted by molar-refractivity contribution is 5.32. The van der Waals surface area contributed by atoms with Gasteiger partial charge in [-0.05, 0) is 17.7 Å². The van der Waals surface area contributed by atoms with Crippen molar-refractivity contribution in [1.29, 1.82) is 5.26 Å². The van der Waals surface area contributed by atoms with E-state index in [9.17, 15) is 4.39 Å². The first-order chi connectivity index (χ1) is 5.86. The van der Waals surface area contributed by atoms with Crippen LogP contribution in [0.1, 0.15) is 25.0 Å². The molecule has 0 amide bonds. The molecule has 0 aliphatic rings. The van der Waals surface area contributed by atoms with E-state index in [0.29, 0.717) is 11.1 Å². The molecular weight excluding hydrogens is 153 g/mol. The van der Waals surface area contributed by atoms with Gasteiger partial charge in [0.2, 0.25) is 0 Å². The normalized spacial score (nSPS) is 7.83. The number of nitrogens with zero attached hydrogens (tertiary/aromatic N) is 1. The molecule has 0 aromatic heterocycles. The first-order valence-electron chi connectivity index (χ1n) is 3.92. The van der Waals surface area contributed by atoms with E-state index in [0.717, 1.165) is 0 Å². The minimum Gasteiger partial charge on any atom is -0.246 e. The summed E-state index contributed by atoms with van der Waals surface area (Å²) in [5, 5.41) is 8.39. The summed E-state index contributed by atoms with van der Waals surface area (Å²) in [6.07, 6.45) is 0. The van der Waals surface area contributed by atoms with Gasteiger partial charge in [0, 0.05) is 0 Å². The smallest absolute Gasteiger partial charge is 0.115 e. The van der Waals surface area contributed by atoms with Gasteiger partial charge in [-0.2, -0.15) is 5.26 Å². The van der Waals surface area contributed by atoms with Crippen LogP contribution < -0.4 is 0 Å². The van der Waals surface area contributed by atoms with Crippen molar-refractivity contribution in [3.63, 3.8) is 0 Å². The second kappa shape index (κ2) is 6.36. The standard InChI is InChI=1S/C8H6FN.C2H6/c9-5-7-2-1-3-8(4-7)6-10;1-2/h1-4H,5H2;1-2H3. The van der Waals surface area contributed by atoms with Crippen molar-refractivity contribution in [2.45, 2.75) is 20.5 Å². The Labute approximate surface area is 72.5 Å². The summed E-state index contributed by atoms with van der Waals surface area (Å²) in [6.45, 7) is 3.50. The van der Waals surface area contributed by atoms with Crippen molar-refractivity contribution in [1.82, 2.24) is 0 Å². The van der Waals surface area contributed by atoms with E-state index < -0.39 is 6.67 Å². The predicted octanol–water partition coefficient (Wildman–Crippen LogP) is 3.05. The third-order valence-corrected chi connectivity index (χ3v) is 1.21. The van der Waals surface area contributed by atoms with Gasteiger partial charge in [0.25, 0.3) is 0 Å². The number of hydrogen-bond donors (Lipinski definition) is 0. The Kier molecular flexibility index (Phi) is 5.64. The maximum absolute atomic E-state index is 11.9. The monoisotopic (exact) mass is 165 g/mol. The van der Waals surface area contributed by atoms with E-state index in [4.69, 9.17) is 5.26 Å². The molecule has 0 saturated carbocycles. The average Bonchev–Trinajstić information content (AvgIpc) is 2.21. The van der Waals surface area contributed by atoms with Gasteiger partial charge in [0.1, 0.15) is 6.67 Å². The van der Waals surface area contributed by atoms with Crippen LogP contribution in [0.2, 0.25) is 0 Å². The van der Waals surface area contributed by atoms with E-state index in [1.54, 1.807) is 24.3 Å². The highest BCUT2D eigenvalue weighted by atomic mass is 19.1. The largest absolute Gasteiger partial charge is 0.246 e. The zero-order valence-electron chi connectivity index (χ0n) is 7.34. The molecule has 0 unspecified atom stereocenters. The van der Waals surface area contributed by atoms with Crippen LogP contribution in [-0.2, 0) is 6.67 Å². The highest BCUT2D eigenvalue weighted by Crippen LogP contribution is 2.04. The first kappa shape index (κ1) is 10.6. The third-order valence-electron chi connectivity index (χ3n) is 1.21. The number of rotatable bonds is 1. The van der Waals surface area contributed by atoms with Crippen LogP contribution >= 0.6 is 0 Å². The number of hydrogen-bond acceptors (Lipinski definition) is 1. The van der Waals surface area contributed by atoms with Crippen molar-refractivity contribution in [2.75, 3.05) is 0 Å². The number of halogens is 1. The van der Waals surface area contributed by atoms with Crippen LogP contribution in [0, 0.1) is 11.3 Å². The minimum absolute atomic E-state index is 0.504. The van der Waals surface area contributed by atoms with Crippen LogP contribution in [0.3, 0.4) is 0 Å². The van der Waals surface area contributed by atoms with Crippen LogP contribution in [0.25, 0.3) is 0 Å². The molecule has 0 fully saturated rings. The molecule has 0 N–H and O–H groups in total. The van der Waals surface area contributed by atoms with Crippen molar-refractivity contribution in [3.8, 4) is 6.07 Å². The lowest BCUT2D eigenvalue weighted by Gasteiger charge is -1.91. The van der Waals surface area contributed by atoms with Crippen molar-refractivity contribution in [3.05, 3.63) is 35.4 Å². The van der Waals surface area contributed by atoms with Crippen LogP contribution in [-0.4, -0.2) is 0 Å². The van der Waals surface area contributed by atoms with Gasteiger partial charge in [-0.3, -0.25) is 0 Å². The molecule has 0 atom stereocenters. The first-order valence-corrected chi connectivity index (χ1v) is 3.92. The summed E-state index contributed by atoms with van der Waals surface area (Å²) in [7, 11) is 0. The molecule has 0 saturated heterocycles. The topological polar surface area (TPSA) is 23.8 Å². The maximum Gasteiger partial charge on any atom is 0.115 e. The molecule has 2 heteroatoms. The molecule has 1 aromatic carbocycles. The Morgan fingerprint density at radius 2 is 2.08 bits per heavy atom. The molecule has 0 bridgehead atoms. The van der Waals surface area contributed by atoms with Gasteiger partial charge in [0.05, 0.1) is 11.6 Å². The SMILES string of the molecule is CC.N#Cc1cccc(CF)c1. The summed E-state index contributed by atoms with van der Waals surface area (Å²) >= 11 is 0. The zero-order valence-corrected chi connectivity index (χ0v) is 7.34. The molecule has 0 spiro atoms. The van der Waals surface area contributed by atoms with E-state index in [1.807, 2.05) is 19.9 Å². The van der Waals surface area contributed by atoms with Gasteiger partial charge >= 0.3 is 0 Å². The molecule has 1 rings (SSSR count). The van der Waals surface area contributed by atoms with Gasteiger partial charge in [-0.25, -0.2) is 4.39 Å². The summed E-state index contributed by atoms with van der Waals surface area (Å²) in [6, 6.07) is 8.46. The molecule has 12 heavy (non-hydrogen) atoms. The van der Waals surface area contributed by atoms with Crippen molar-refractivity contribution >= 4 is 0 Å². The van der Waals surface area contributed by atoms with Gasteiger partial charge < -0.3 is 0 Å². The molecule has 1 aromatic rings. The summed E-state index contributed by atoms with van der Waals surface area (Å²) in [5.74, 6) is 0. The van der Waals surface area contributed by atoms with Crippen LogP contribution in [0.4, 0.5) is 4.39 Å². The van der Waals surface area contributed by atoms with Crippen LogP contribution in [0.15, 0.2) is 24.3 Å². The quantitative estimate of drug-likeness (QED) is 0.627. The lowest BCUT2D eigenvalue weighted by atomic mass is 10.1. The van der Waals surface area contributed by atoms with Gasteiger partial charge in [-0.1, -0.05) is 26.0 Å². The zero-order chi connectivity index (χ0) is 9.40. The molecule has 0 aliphatic carbocycles.